The first kappa shape index (κ1) is 17.7. The lowest BCUT2D eigenvalue weighted by Gasteiger charge is -2.02. The first-order chi connectivity index (χ1) is 12.9. The van der Waals surface area contributed by atoms with Gasteiger partial charge in [0.05, 0.1) is 16.3 Å². The number of nitrogens with one attached hydrogen (secondary N) is 3. The fourth-order valence-electron chi connectivity index (χ4n) is 2.39. The van der Waals surface area contributed by atoms with Crippen molar-refractivity contribution in [1.29, 1.82) is 0 Å². The molecule has 0 saturated carbocycles. The van der Waals surface area contributed by atoms with E-state index in [0.717, 1.165) is 0 Å². The topological polar surface area (TPSA) is 146 Å². The van der Waals surface area contributed by atoms with Gasteiger partial charge in [-0.25, -0.2) is 0 Å². The van der Waals surface area contributed by atoms with Crippen molar-refractivity contribution in [2.45, 2.75) is 6.92 Å². The number of non-ortho nitro benzene ring substituents is 1. The number of rotatable bonds is 5. The number of amides is 1. The summed E-state index contributed by atoms with van der Waals surface area (Å²) in [5, 5.41) is 26.6. The molecule has 3 aromatic rings. The van der Waals surface area contributed by atoms with Crippen LogP contribution >= 0.6 is 0 Å². The second kappa shape index (κ2) is 7.44. The van der Waals surface area contributed by atoms with Gasteiger partial charge in [-0.1, -0.05) is 18.2 Å². The number of carbonyl (C=O) groups is 1. The van der Waals surface area contributed by atoms with Gasteiger partial charge in [-0.2, -0.15) is 5.11 Å². The average molecular weight is 366 g/mol. The number of nitrogens with zero attached hydrogens (tertiary/aromatic N) is 3. The number of azo groups is 1. The van der Waals surface area contributed by atoms with E-state index in [2.05, 4.69) is 25.7 Å². The third-order valence-corrected chi connectivity index (χ3v) is 3.53. The van der Waals surface area contributed by atoms with Crippen LogP contribution in [0.15, 0.2) is 63.6 Å². The van der Waals surface area contributed by atoms with E-state index in [-0.39, 0.29) is 23.0 Å². The number of nitro groups is 1. The van der Waals surface area contributed by atoms with E-state index in [1.54, 1.807) is 30.3 Å². The predicted molar refractivity (Wildman–Crippen MR) is 98.4 cm³/mol. The lowest BCUT2D eigenvalue weighted by atomic mass is 10.1. The third-order valence-electron chi connectivity index (χ3n) is 3.53. The summed E-state index contributed by atoms with van der Waals surface area (Å²) in [6, 6.07) is 12.4. The Kier molecular flexibility index (Phi) is 4.88. The summed E-state index contributed by atoms with van der Waals surface area (Å²) in [4.78, 5) is 33.6. The van der Waals surface area contributed by atoms with Gasteiger partial charge in [0.2, 0.25) is 5.91 Å². The Balaban J connectivity index is 1.95. The minimum atomic E-state index is -0.525. The highest BCUT2D eigenvalue weighted by molar-refractivity contribution is 5.89. The number of hydrogen-bond donors (Lipinski definition) is 3. The van der Waals surface area contributed by atoms with E-state index in [9.17, 15) is 19.7 Å². The van der Waals surface area contributed by atoms with Crippen molar-refractivity contribution < 1.29 is 9.72 Å². The molecular weight excluding hydrogens is 352 g/mol. The summed E-state index contributed by atoms with van der Waals surface area (Å²) < 4.78 is 0. The van der Waals surface area contributed by atoms with E-state index in [1.165, 1.54) is 25.1 Å². The van der Waals surface area contributed by atoms with Crippen LogP contribution in [0.4, 0.5) is 22.7 Å². The van der Waals surface area contributed by atoms with Crippen molar-refractivity contribution in [3.05, 3.63) is 69.0 Å². The third kappa shape index (κ3) is 4.12. The normalized spacial score (nSPS) is 10.9. The zero-order valence-electron chi connectivity index (χ0n) is 14.1. The van der Waals surface area contributed by atoms with Crippen LogP contribution < -0.4 is 10.9 Å². The van der Waals surface area contributed by atoms with Crippen LogP contribution in [0, 0.1) is 10.1 Å². The van der Waals surface area contributed by atoms with E-state index in [1.807, 2.05) is 0 Å². The number of H-pyrrole nitrogens is 2. The molecule has 0 bridgehead atoms. The van der Waals surface area contributed by atoms with Crippen molar-refractivity contribution in [3.8, 4) is 11.3 Å². The zero-order chi connectivity index (χ0) is 19.4. The van der Waals surface area contributed by atoms with E-state index in [0.29, 0.717) is 16.9 Å². The van der Waals surface area contributed by atoms with Crippen molar-refractivity contribution in [2.24, 2.45) is 10.2 Å². The number of carbonyl (C=O) groups excluding carboxylic acids is 1. The van der Waals surface area contributed by atoms with Gasteiger partial charge < -0.3 is 5.32 Å². The molecule has 1 heterocycles. The molecule has 0 aliphatic carbocycles. The summed E-state index contributed by atoms with van der Waals surface area (Å²) in [6.07, 6.45) is 0. The maximum Gasteiger partial charge on any atom is 0.292 e. The molecule has 3 rings (SSSR count). The van der Waals surface area contributed by atoms with Crippen molar-refractivity contribution in [3.63, 3.8) is 0 Å². The van der Waals surface area contributed by atoms with Crippen molar-refractivity contribution >= 4 is 28.7 Å². The summed E-state index contributed by atoms with van der Waals surface area (Å²) >= 11 is 0. The van der Waals surface area contributed by atoms with Gasteiger partial charge in [0.15, 0.2) is 5.69 Å². The average Bonchev–Trinajstić information content (AvgIpc) is 3.00. The Morgan fingerprint density at radius 2 is 1.89 bits per heavy atom. The van der Waals surface area contributed by atoms with E-state index < -0.39 is 10.5 Å². The lowest BCUT2D eigenvalue weighted by molar-refractivity contribution is -0.384. The van der Waals surface area contributed by atoms with Gasteiger partial charge in [-0.15, -0.1) is 5.11 Å². The second-order valence-corrected chi connectivity index (χ2v) is 5.54. The van der Waals surface area contributed by atoms with Crippen LogP contribution in [-0.4, -0.2) is 21.0 Å². The number of aromatic amines is 2. The van der Waals surface area contributed by atoms with Gasteiger partial charge in [-0.05, 0) is 18.2 Å². The van der Waals surface area contributed by atoms with Gasteiger partial charge in [0.1, 0.15) is 0 Å². The number of anilines is 1. The first-order valence-corrected chi connectivity index (χ1v) is 7.79. The fraction of sp³-hybridized carbons (Fsp3) is 0.0588. The molecule has 0 aliphatic heterocycles. The molecule has 10 nitrogen and oxygen atoms in total. The Labute approximate surface area is 152 Å². The van der Waals surface area contributed by atoms with Gasteiger partial charge >= 0.3 is 0 Å². The fourth-order valence-corrected chi connectivity index (χ4v) is 2.39. The molecule has 0 atom stereocenters. The maximum atomic E-state index is 12.0. The smallest absolute Gasteiger partial charge is 0.292 e. The molecule has 10 heteroatoms. The number of hydrogen-bond acceptors (Lipinski definition) is 6. The molecule has 0 aliphatic rings. The highest BCUT2D eigenvalue weighted by Crippen LogP contribution is 2.29. The molecular formula is C17H14N6O4. The Morgan fingerprint density at radius 1 is 1.11 bits per heavy atom. The summed E-state index contributed by atoms with van der Waals surface area (Å²) in [6.45, 7) is 1.39. The van der Waals surface area contributed by atoms with Crippen LogP contribution in [-0.2, 0) is 4.79 Å². The molecule has 0 radical (unpaired) electrons. The largest absolute Gasteiger partial charge is 0.326 e. The highest BCUT2D eigenvalue weighted by atomic mass is 16.6. The quantitative estimate of drug-likeness (QED) is 0.359. The van der Waals surface area contributed by atoms with Gasteiger partial charge in [0, 0.05) is 30.3 Å². The molecule has 0 saturated heterocycles. The number of benzene rings is 2. The van der Waals surface area contributed by atoms with E-state index in [4.69, 9.17) is 0 Å². The number of aromatic nitrogens is 2. The standard InChI is InChI=1S/C17H14N6O4/c1-10(24)18-12-5-3-6-13(9-12)19-21-16-15(20-22-17(16)25)11-4-2-7-14(8-11)23(26)27/h2-9H,1H3,(H,18,24)(H2,20,22,25). The monoisotopic (exact) mass is 366 g/mol. The van der Waals surface area contributed by atoms with Crippen LogP contribution in [0.1, 0.15) is 6.92 Å². The summed E-state index contributed by atoms with van der Waals surface area (Å²) in [5.74, 6) is -0.223. The molecule has 0 fully saturated rings. The van der Waals surface area contributed by atoms with Crippen molar-refractivity contribution in [2.75, 3.05) is 5.32 Å². The minimum absolute atomic E-state index is 0.0135. The summed E-state index contributed by atoms with van der Waals surface area (Å²) in [5.41, 5.74) is 1.03. The Hall–Kier alpha value is -4.08. The Morgan fingerprint density at radius 3 is 2.63 bits per heavy atom. The van der Waals surface area contributed by atoms with Crippen LogP contribution in [0.3, 0.4) is 0 Å². The van der Waals surface area contributed by atoms with Crippen molar-refractivity contribution in [1.82, 2.24) is 10.2 Å². The molecule has 3 N–H and O–H groups in total. The maximum absolute atomic E-state index is 12.0. The van der Waals surface area contributed by atoms with Crippen LogP contribution in [0.2, 0.25) is 0 Å². The molecule has 27 heavy (non-hydrogen) atoms. The molecule has 0 spiro atoms. The van der Waals surface area contributed by atoms with Crippen LogP contribution in [0.5, 0.6) is 0 Å². The zero-order valence-corrected chi connectivity index (χ0v) is 14.1. The van der Waals surface area contributed by atoms with Gasteiger partial charge in [-0.3, -0.25) is 29.9 Å². The molecule has 1 aromatic heterocycles. The highest BCUT2D eigenvalue weighted by Gasteiger charge is 2.14. The number of nitro benzene ring substituents is 1. The van der Waals surface area contributed by atoms with Crippen LogP contribution in [0.25, 0.3) is 11.3 Å². The first-order valence-electron chi connectivity index (χ1n) is 7.79. The lowest BCUT2D eigenvalue weighted by Crippen LogP contribution is -2.05. The molecule has 2 aromatic carbocycles. The molecule has 136 valence electrons. The summed E-state index contributed by atoms with van der Waals surface area (Å²) in [7, 11) is 0. The molecule has 1 amide bonds. The minimum Gasteiger partial charge on any atom is -0.326 e. The van der Waals surface area contributed by atoms with Gasteiger partial charge in [0.25, 0.3) is 11.2 Å². The molecule has 0 unspecified atom stereocenters. The SMILES string of the molecule is CC(=O)Nc1cccc(N=Nc2c(-c3cccc([N+](=O)[O-])c3)[nH][nH]c2=O)c1. The second-order valence-electron chi connectivity index (χ2n) is 5.54. The predicted octanol–water partition coefficient (Wildman–Crippen LogP) is 3.65. The van der Waals surface area contributed by atoms with E-state index >= 15 is 0 Å². The Bertz CT molecular complexity index is 1100.